The molecule has 0 unspecified atom stereocenters. The molecule has 2 amide bonds. The SMILES string of the molecule is C=CCNS(=O)(=O)c1cccc(C(=O)Nc2cc(NC(=O)CC)ccc2C)c1. The Morgan fingerprint density at radius 2 is 1.86 bits per heavy atom. The maximum atomic E-state index is 12.6. The highest BCUT2D eigenvalue weighted by atomic mass is 32.2. The summed E-state index contributed by atoms with van der Waals surface area (Å²) in [4.78, 5) is 24.2. The second-order valence-electron chi connectivity index (χ2n) is 6.05. The van der Waals surface area contributed by atoms with Crippen LogP contribution in [0.2, 0.25) is 0 Å². The lowest BCUT2D eigenvalue weighted by atomic mass is 10.1. The molecule has 8 heteroatoms. The minimum atomic E-state index is -3.73. The molecule has 0 aliphatic rings. The van der Waals surface area contributed by atoms with Crippen LogP contribution in [-0.2, 0) is 14.8 Å². The molecule has 2 aromatic carbocycles. The van der Waals surface area contributed by atoms with Crippen molar-refractivity contribution in [2.75, 3.05) is 17.2 Å². The average molecular weight is 401 g/mol. The molecule has 0 heterocycles. The van der Waals surface area contributed by atoms with Crippen LogP contribution in [0.5, 0.6) is 0 Å². The number of rotatable bonds is 8. The third kappa shape index (κ3) is 5.51. The van der Waals surface area contributed by atoms with Crippen molar-refractivity contribution >= 4 is 33.2 Å². The monoisotopic (exact) mass is 401 g/mol. The van der Waals surface area contributed by atoms with Crippen molar-refractivity contribution in [2.24, 2.45) is 0 Å². The van der Waals surface area contributed by atoms with E-state index in [9.17, 15) is 18.0 Å². The number of hydrogen-bond acceptors (Lipinski definition) is 4. The Hall–Kier alpha value is -2.97. The van der Waals surface area contributed by atoms with Crippen LogP contribution >= 0.6 is 0 Å². The zero-order chi connectivity index (χ0) is 20.7. The average Bonchev–Trinajstić information content (AvgIpc) is 2.69. The summed E-state index contributed by atoms with van der Waals surface area (Å²) in [6, 6.07) is 10.9. The van der Waals surface area contributed by atoms with Gasteiger partial charge in [-0.05, 0) is 42.8 Å². The molecule has 7 nitrogen and oxygen atoms in total. The van der Waals surface area contributed by atoms with Crippen molar-refractivity contribution in [1.29, 1.82) is 0 Å². The highest BCUT2D eigenvalue weighted by Crippen LogP contribution is 2.22. The van der Waals surface area contributed by atoms with E-state index in [1.165, 1.54) is 30.3 Å². The van der Waals surface area contributed by atoms with Crippen LogP contribution in [0, 0.1) is 6.92 Å². The molecule has 148 valence electrons. The molecular formula is C20H23N3O4S. The van der Waals surface area contributed by atoms with E-state index < -0.39 is 15.9 Å². The van der Waals surface area contributed by atoms with E-state index in [1.54, 1.807) is 25.1 Å². The normalized spacial score (nSPS) is 10.9. The van der Waals surface area contributed by atoms with Crippen molar-refractivity contribution in [2.45, 2.75) is 25.2 Å². The van der Waals surface area contributed by atoms with Crippen LogP contribution in [-0.4, -0.2) is 26.8 Å². The van der Waals surface area contributed by atoms with Crippen LogP contribution in [0.15, 0.2) is 60.0 Å². The van der Waals surface area contributed by atoms with Gasteiger partial charge in [-0.3, -0.25) is 9.59 Å². The summed E-state index contributed by atoms with van der Waals surface area (Å²) >= 11 is 0. The third-order valence-electron chi connectivity index (χ3n) is 3.91. The Morgan fingerprint density at radius 3 is 2.54 bits per heavy atom. The first-order chi connectivity index (χ1) is 13.3. The first-order valence-electron chi connectivity index (χ1n) is 8.69. The van der Waals surface area contributed by atoms with Gasteiger partial charge in [-0.25, -0.2) is 13.1 Å². The van der Waals surface area contributed by atoms with Crippen LogP contribution in [0.4, 0.5) is 11.4 Å². The Morgan fingerprint density at radius 1 is 1.11 bits per heavy atom. The first kappa shape index (κ1) is 21.3. The Balaban J connectivity index is 2.24. The fourth-order valence-electron chi connectivity index (χ4n) is 2.33. The van der Waals surface area contributed by atoms with Crippen molar-refractivity contribution < 1.29 is 18.0 Å². The lowest BCUT2D eigenvalue weighted by Crippen LogP contribution is -2.24. The fraction of sp³-hybridized carbons (Fsp3) is 0.200. The molecule has 2 rings (SSSR count). The lowest BCUT2D eigenvalue weighted by Gasteiger charge is -2.12. The predicted molar refractivity (Wildman–Crippen MR) is 110 cm³/mol. The van der Waals surface area contributed by atoms with E-state index in [0.29, 0.717) is 17.8 Å². The summed E-state index contributed by atoms with van der Waals surface area (Å²) in [6.07, 6.45) is 1.78. The number of carbonyl (C=O) groups excluding carboxylic acids is 2. The summed E-state index contributed by atoms with van der Waals surface area (Å²) < 4.78 is 26.8. The quantitative estimate of drug-likeness (QED) is 0.591. The third-order valence-corrected chi connectivity index (χ3v) is 5.34. The Kier molecular flexibility index (Phi) is 7.08. The molecule has 0 atom stereocenters. The Bertz CT molecular complexity index is 1000. The summed E-state index contributed by atoms with van der Waals surface area (Å²) in [6.45, 7) is 7.13. The van der Waals surface area contributed by atoms with Gasteiger partial charge >= 0.3 is 0 Å². The largest absolute Gasteiger partial charge is 0.326 e. The molecule has 3 N–H and O–H groups in total. The molecule has 0 fully saturated rings. The molecule has 0 radical (unpaired) electrons. The number of amides is 2. The molecule has 0 saturated heterocycles. The highest BCUT2D eigenvalue weighted by molar-refractivity contribution is 7.89. The first-order valence-corrected chi connectivity index (χ1v) is 10.2. The zero-order valence-electron chi connectivity index (χ0n) is 15.8. The minimum Gasteiger partial charge on any atom is -0.326 e. The molecule has 0 aliphatic heterocycles. The molecule has 0 spiro atoms. The molecular weight excluding hydrogens is 378 g/mol. The van der Waals surface area contributed by atoms with Gasteiger partial charge in [0.1, 0.15) is 0 Å². The van der Waals surface area contributed by atoms with Gasteiger partial charge in [-0.15, -0.1) is 6.58 Å². The van der Waals surface area contributed by atoms with Gasteiger partial charge in [0.2, 0.25) is 15.9 Å². The maximum absolute atomic E-state index is 12.6. The number of hydrogen-bond donors (Lipinski definition) is 3. The minimum absolute atomic E-state index is 0.0114. The maximum Gasteiger partial charge on any atom is 0.255 e. The molecule has 0 aliphatic carbocycles. The number of carbonyl (C=O) groups is 2. The van der Waals surface area contributed by atoms with Gasteiger partial charge in [-0.1, -0.05) is 25.1 Å². The molecule has 2 aromatic rings. The van der Waals surface area contributed by atoms with E-state index in [2.05, 4.69) is 21.9 Å². The number of nitrogens with one attached hydrogen (secondary N) is 3. The van der Waals surface area contributed by atoms with Gasteiger partial charge < -0.3 is 10.6 Å². The van der Waals surface area contributed by atoms with E-state index in [1.807, 2.05) is 6.92 Å². The van der Waals surface area contributed by atoms with Gasteiger partial charge in [0, 0.05) is 29.9 Å². The van der Waals surface area contributed by atoms with Gasteiger partial charge in [0.15, 0.2) is 0 Å². The van der Waals surface area contributed by atoms with Gasteiger partial charge in [0.25, 0.3) is 5.91 Å². The van der Waals surface area contributed by atoms with Crippen molar-refractivity contribution in [3.63, 3.8) is 0 Å². The van der Waals surface area contributed by atoms with Crippen LogP contribution < -0.4 is 15.4 Å². The molecule has 0 aromatic heterocycles. The zero-order valence-corrected chi connectivity index (χ0v) is 16.6. The number of aryl methyl sites for hydroxylation is 1. The van der Waals surface area contributed by atoms with Crippen LogP contribution in [0.1, 0.15) is 29.3 Å². The fourth-order valence-corrected chi connectivity index (χ4v) is 3.38. The van der Waals surface area contributed by atoms with Crippen LogP contribution in [0.25, 0.3) is 0 Å². The van der Waals surface area contributed by atoms with Gasteiger partial charge in [-0.2, -0.15) is 0 Å². The Labute approximate surface area is 164 Å². The lowest BCUT2D eigenvalue weighted by molar-refractivity contribution is -0.115. The van der Waals surface area contributed by atoms with E-state index in [4.69, 9.17) is 0 Å². The molecule has 28 heavy (non-hydrogen) atoms. The predicted octanol–water partition coefficient (Wildman–Crippen LogP) is 3.06. The number of sulfonamides is 1. The van der Waals surface area contributed by atoms with Crippen molar-refractivity contribution in [3.05, 3.63) is 66.2 Å². The number of benzene rings is 2. The summed E-state index contributed by atoms with van der Waals surface area (Å²) in [5.74, 6) is -0.589. The highest BCUT2D eigenvalue weighted by Gasteiger charge is 2.16. The topological polar surface area (TPSA) is 104 Å². The van der Waals surface area contributed by atoms with E-state index in [-0.39, 0.29) is 22.9 Å². The molecule has 0 bridgehead atoms. The summed E-state index contributed by atoms with van der Waals surface area (Å²) in [5.41, 5.74) is 2.10. The summed E-state index contributed by atoms with van der Waals surface area (Å²) in [5, 5.41) is 5.49. The second-order valence-corrected chi connectivity index (χ2v) is 7.82. The van der Waals surface area contributed by atoms with Crippen LogP contribution in [0.3, 0.4) is 0 Å². The smallest absolute Gasteiger partial charge is 0.255 e. The van der Waals surface area contributed by atoms with Gasteiger partial charge in [0.05, 0.1) is 4.90 Å². The molecule has 0 saturated carbocycles. The summed E-state index contributed by atoms with van der Waals surface area (Å²) in [7, 11) is -3.73. The standard InChI is InChI=1S/C20H23N3O4S/c1-4-11-21-28(26,27)17-8-6-7-15(12-17)20(25)23-18-13-16(10-9-14(18)3)22-19(24)5-2/h4,6-10,12-13,21H,1,5,11H2,2-3H3,(H,22,24)(H,23,25). The second kappa shape index (κ2) is 9.29. The van der Waals surface area contributed by atoms with Crippen molar-refractivity contribution in [3.8, 4) is 0 Å². The van der Waals surface area contributed by atoms with E-state index >= 15 is 0 Å². The van der Waals surface area contributed by atoms with Crippen molar-refractivity contribution in [1.82, 2.24) is 4.72 Å². The number of anilines is 2. The van der Waals surface area contributed by atoms with E-state index in [0.717, 1.165) is 5.56 Å².